The number of carbonyl (C=O) groups is 1. The number of hydrogen-bond donors (Lipinski definition) is 2. The summed E-state index contributed by atoms with van der Waals surface area (Å²) in [6.45, 7) is 6.05. The second-order valence-electron chi connectivity index (χ2n) is 5.77. The maximum atomic E-state index is 11.9. The van der Waals surface area contributed by atoms with Crippen molar-refractivity contribution in [2.45, 2.75) is 37.9 Å². The Morgan fingerprint density at radius 3 is 2.65 bits per heavy atom. The Kier molecular flexibility index (Phi) is 5.65. The first-order valence-corrected chi connectivity index (χ1v) is 8.42. The van der Waals surface area contributed by atoms with E-state index in [-0.39, 0.29) is 11.4 Å². The van der Waals surface area contributed by atoms with Gasteiger partial charge in [-0.25, -0.2) is 4.98 Å². The topological polar surface area (TPSA) is 79.9 Å². The van der Waals surface area contributed by atoms with E-state index in [4.69, 9.17) is 4.74 Å². The highest BCUT2D eigenvalue weighted by molar-refractivity contribution is 7.99. The van der Waals surface area contributed by atoms with Crippen LogP contribution in [0.5, 0.6) is 5.75 Å². The first-order valence-electron chi connectivity index (χ1n) is 7.44. The summed E-state index contributed by atoms with van der Waals surface area (Å²) < 4.78 is 5.13. The zero-order valence-corrected chi connectivity index (χ0v) is 14.7. The number of H-pyrrole nitrogens is 1. The molecule has 6 nitrogen and oxygen atoms in total. The molecule has 0 saturated heterocycles. The fourth-order valence-electron chi connectivity index (χ4n) is 1.82. The predicted octanol–water partition coefficient (Wildman–Crippen LogP) is 2.88. The quantitative estimate of drug-likeness (QED) is 0.761. The van der Waals surface area contributed by atoms with Crippen molar-refractivity contribution >= 4 is 17.7 Å². The van der Waals surface area contributed by atoms with Crippen LogP contribution in [-0.2, 0) is 4.79 Å². The van der Waals surface area contributed by atoms with Gasteiger partial charge in [0, 0.05) is 11.1 Å². The van der Waals surface area contributed by atoms with Gasteiger partial charge in [0.2, 0.25) is 11.1 Å². The monoisotopic (exact) mass is 334 g/mol. The van der Waals surface area contributed by atoms with Crippen molar-refractivity contribution in [1.29, 1.82) is 0 Å². The number of aromatic amines is 1. The van der Waals surface area contributed by atoms with Crippen molar-refractivity contribution in [3.8, 4) is 17.1 Å². The summed E-state index contributed by atoms with van der Waals surface area (Å²) in [5.74, 6) is 1.74. The van der Waals surface area contributed by atoms with E-state index in [9.17, 15) is 4.79 Å². The molecule has 124 valence electrons. The number of carbonyl (C=O) groups excluding carboxylic acids is 1. The Hall–Kier alpha value is -2.02. The summed E-state index contributed by atoms with van der Waals surface area (Å²) in [6, 6.07) is 7.55. The smallest absolute Gasteiger partial charge is 0.230 e. The highest BCUT2D eigenvalue weighted by atomic mass is 32.2. The van der Waals surface area contributed by atoms with Gasteiger partial charge in [0.15, 0.2) is 5.82 Å². The summed E-state index contributed by atoms with van der Waals surface area (Å²) >= 11 is 1.31. The molecule has 2 N–H and O–H groups in total. The van der Waals surface area contributed by atoms with Crippen molar-refractivity contribution in [2.75, 3.05) is 12.9 Å². The van der Waals surface area contributed by atoms with Gasteiger partial charge in [-0.3, -0.25) is 9.89 Å². The van der Waals surface area contributed by atoms with Gasteiger partial charge in [0.25, 0.3) is 0 Å². The Morgan fingerprint density at radius 1 is 1.35 bits per heavy atom. The van der Waals surface area contributed by atoms with Crippen molar-refractivity contribution in [2.24, 2.45) is 0 Å². The predicted molar refractivity (Wildman–Crippen MR) is 91.6 cm³/mol. The van der Waals surface area contributed by atoms with Gasteiger partial charge in [-0.2, -0.15) is 0 Å². The van der Waals surface area contributed by atoms with Crippen LogP contribution in [0.15, 0.2) is 29.4 Å². The minimum Gasteiger partial charge on any atom is -0.497 e. The number of nitrogens with one attached hydrogen (secondary N) is 2. The molecule has 2 rings (SSSR count). The fourth-order valence-corrected chi connectivity index (χ4v) is 2.42. The summed E-state index contributed by atoms with van der Waals surface area (Å²) in [6.07, 6.45) is 0.881. The molecule has 1 heterocycles. The van der Waals surface area contributed by atoms with Gasteiger partial charge in [-0.1, -0.05) is 18.7 Å². The lowest BCUT2D eigenvalue weighted by atomic mass is 10.0. The fraction of sp³-hybridized carbons (Fsp3) is 0.438. The van der Waals surface area contributed by atoms with E-state index < -0.39 is 0 Å². The first kappa shape index (κ1) is 17.3. The van der Waals surface area contributed by atoms with Crippen molar-refractivity contribution in [1.82, 2.24) is 20.5 Å². The number of methoxy groups -OCH3 is 1. The number of aromatic nitrogens is 3. The number of nitrogens with zero attached hydrogens (tertiary/aromatic N) is 2. The summed E-state index contributed by atoms with van der Waals surface area (Å²) in [5, 5.41) is 10.6. The molecule has 23 heavy (non-hydrogen) atoms. The van der Waals surface area contributed by atoms with Gasteiger partial charge in [0.1, 0.15) is 5.75 Å². The Labute approximate surface area is 140 Å². The Bertz CT molecular complexity index is 652. The molecular weight excluding hydrogens is 312 g/mol. The van der Waals surface area contributed by atoms with Gasteiger partial charge in [0.05, 0.1) is 12.9 Å². The van der Waals surface area contributed by atoms with Crippen molar-refractivity contribution in [3.63, 3.8) is 0 Å². The third-order valence-corrected chi connectivity index (χ3v) is 4.37. The SMILES string of the molecule is CCC(C)(C)NC(=O)CSc1n[nH]c(-c2ccc(OC)cc2)n1. The number of rotatable bonds is 7. The normalized spacial score (nSPS) is 11.3. The Morgan fingerprint density at radius 2 is 2.04 bits per heavy atom. The third kappa shape index (κ3) is 4.99. The van der Waals surface area contributed by atoms with Gasteiger partial charge < -0.3 is 10.1 Å². The molecule has 0 saturated carbocycles. The molecule has 1 amide bonds. The standard InChI is InChI=1S/C16H22N4O2S/c1-5-16(2,3)18-13(21)10-23-15-17-14(19-20-15)11-6-8-12(22-4)9-7-11/h6-9H,5,10H2,1-4H3,(H,18,21)(H,17,19,20). The molecule has 0 fully saturated rings. The minimum atomic E-state index is -0.190. The number of thioether (sulfide) groups is 1. The van der Waals surface area contributed by atoms with Crippen LogP contribution in [0.2, 0.25) is 0 Å². The molecule has 0 radical (unpaired) electrons. The van der Waals surface area contributed by atoms with Gasteiger partial charge >= 0.3 is 0 Å². The van der Waals surface area contributed by atoms with Gasteiger partial charge in [-0.05, 0) is 44.5 Å². The number of benzene rings is 1. The molecule has 0 spiro atoms. The van der Waals surface area contributed by atoms with Crippen LogP contribution in [0.4, 0.5) is 0 Å². The first-order chi connectivity index (χ1) is 10.9. The summed E-state index contributed by atoms with van der Waals surface area (Å²) in [7, 11) is 1.63. The maximum absolute atomic E-state index is 11.9. The van der Waals surface area contributed by atoms with Crippen LogP contribution in [0.25, 0.3) is 11.4 Å². The molecule has 7 heteroatoms. The van der Waals surface area contributed by atoms with E-state index >= 15 is 0 Å². The van der Waals surface area contributed by atoms with Crippen LogP contribution in [-0.4, -0.2) is 39.5 Å². The zero-order chi connectivity index (χ0) is 16.9. The molecule has 1 aromatic heterocycles. The number of amides is 1. The lowest BCUT2D eigenvalue weighted by Gasteiger charge is -2.24. The van der Waals surface area contributed by atoms with Crippen molar-refractivity contribution < 1.29 is 9.53 Å². The lowest BCUT2D eigenvalue weighted by molar-refractivity contribution is -0.120. The molecule has 2 aromatic rings. The molecule has 0 unspecified atom stereocenters. The molecule has 0 aliphatic carbocycles. The van der Waals surface area contributed by atoms with Crippen LogP contribution in [0.3, 0.4) is 0 Å². The van der Waals surface area contributed by atoms with E-state index in [1.54, 1.807) is 7.11 Å². The van der Waals surface area contributed by atoms with Crippen LogP contribution in [0.1, 0.15) is 27.2 Å². The maximum Gasteiger partial charge on any atom is 0.230 e. The number of hydrogen-bond acceptors (Lipinski definition) is 5. The largest absolute Gasteiger partial charge is 0.497 e. The second kappa shape index (κ2) is 7.50. The minimum absolute atomic E-state index is 0.0161. The molecule has 0 aliphatic heterocycles. The molecular formula is C16H22N4O2S. The zero-order valence-electron chi connectivity index (χ0n) is 13.8. The molecule has 0 aliphatic rings. The summed E-state index contributed by atoms with van der Waals surface area (Å²) in [5.41, 5.74) is 0.729. The highest BCUT2D eigenvalue weighted by Gasteiger charge is 2.18. The number of ether oxygens (including phenoxy) is 1. The molecule has 1 aromatic carbocycles. The van der Waals surface area contributed by atoms with E-state index in [2.05, 4.69) is 20.5 Å². The van der Waals surface area contributed by atoms with E-state index in [0.29, 0.717) is 16.7 Å². The van der Waals surface area contributed by atoms with Crippen LogP contribution < -0.4 is 10.1 Å². The average Bonchev–Trinajstić information content (AvgIpc) is 3.01. The van der Waals surface area contributed by atoms with E-state index in [0.717, 1.165) is 17.7 Å². The molecule has 0 atom stereocenters. The lowest BCUT2D eigenvalue weighted by Crippen LogP contribution is -2.43. The second-order valence-corrected chi connectivity index (χ2v) is 6.71. The van der Waals surface area contributed by atoms with Crippen LogP contribution in [0, 0.1) is 0 Å². The van der Waals surface area contributed by atoms with Crippen LogP contribution >= 0.6 is 11.8 Å². The average molecular weight is 334 g/mol. The molecule has 0 bridgehead atoms. The third-order valence-electron chi connectivity index (χ3n) is 3.52. The summed E-state index contributed by atoms with van der Waals surface area (Å²) in [4.78, 5) is 16.3. The highest BCUT2D eigenvalue weighted by Crippen LogP contribution is 2.21. The van der Waals surface area contributed by atoms with E-state index in [1.165, 1.54) is 11.8 Å². The van der Waals surface area contributed by atoms with Gasteiger partial charge in [-0.15, -0.1) is 5.10 Å². The van der Waals surface area contributed by atoms with E-state index in [1.807, 2.05) is 45.0 Å². The van der Waals surface area contributed by atoms with Crippen molar-refractivity contribution in [3.05, 3.63) is 24.3 Å². The Balaban J connectivity index is 1.93.